The molecule has 1 aliphatic heterocycles. The molecule has 10 heteroatoms. The lowest BCUT2D eigenvalue weighted by Gasteiger charge is -2.28. The van der Waals surface area contributed by atoms with Gasteiger partial charge >= 0.3 is 5.97 Å². The number of methoxy groups -OCH3 is 1. The first kappa shape index (κ1) is 26.9. The third-order valence-electron chi connectivity index (χ3n) is 6.45. The first-order chi connectivity index (χ1) is 18.3. The summed E-state index contributed by atoms with van der Waals surface area (Å²) in [6, 6.07) is 13.0. The van der Waals surface area contributed by atoms with Crippen LogP contribution < -0.4 is 15.6 Å². The van der Waals surface area contributed by atoms with Gasteiger partial charge in [0.25, 0.3) is 5.56 Å². The fraction of sp³-hybridized carbons (Fsp3) is 0.286. The van der Waals surface area contributed by atoms with E-state index in [-0.39, 0.29) is 23.8 Å². The number of carboxylic acid groups (broad SMARTS) is 1. The van der Waals surface area contributed by atoms with E-state index in [1.165, 1.54) is 48.2 Å². The Kier molecular flexibility index (Phi) is 8.46. The first-order valence-electron chi connectivity index (χ1n) is 12.1. The van der Waals surface area contributed by atoms with Gasteiger partial charge in [-0.3, -0.25) is 14.2 Å². The molecule has 3 aromatic rings. The van der Waals surface area contributed by atoms with E-state index in [9.17, 15) is 19.6 Å². The second-order valence-electron chi connectivity index (χ2n) is 8.91. The Labute approximate surface area is 224 Å². The highest BCUT2D eigenvalue weighted by atomic mass is 35.5. The molecule has 1 fully saturated rings. The van der Waals surface area contributed by atoms with Crippen LogP contribution in [-0.2, 0) is 9.53 Å². The second-order valence-corrected chi connectivity index (χ2v) is 9.35. The van der Waals surface area contributed by atoms with Crippen LogP contribution in [0.15, 0.2) is 59.5 Å². The Morgan fingerprint density at radius 2 is 1.97 bits per heavy atom. The molecule has 0 saturated carbocycles. The molecule has 1 saturated heterocycles. The average molecular weight is 536 g/mol. The Balaban J connectivity index is 1.73. The highest BCUT2D eigenvalue weighted by Gasteiger charge is 2.29. The molecule has 2 N–H and O–H groups in total. The summed E-state index contributed by atoms with van der Waals surface area (Å²) in [7, 11) is 1.44. The van der Waals surface area contributed by atoms with Gasteiger partial charge in [0.15, 0.2) is 0 Å². The summed E-state index contributed by atoms with van der Waals surface area (Å²) in [6.45, 7) is 0.582. The average Bonchev–Trinajstić information content (AvgIpc) is 2.92. The standard InChI is InChI=1S/C28H26ClN3O6/c1-37-25-16-32(26(33)14-23(25)22-12-19(29)8-5-18(22)15-30)24(13-21-4-2-3-11-38-21)27(34)31-20-9-6-17(7-10-20)28(35)36/h5-10,12,14,16,21,24H,2-4,11,13H2,1H3,(H,31,34)(H,35,36)/t21-,24-/m0/s1. The number of amides is 1. The maximum absolute atomic E-state index is 13.5. The zero-order valence-electron chi connectivity index (χ0n) is 20.6. The van der Waals surface area contributed by atoms with Gasteiger partial charge in [-0.05, 0) is 61.7 Å². The smallest absolute Gasteiger partial charge is 0.335 e. The molecule has 9 nitrogen and oxygen atoms in total. The minimum Gasteiger partial charge on any atom is -0.495 e. The van der Waals surface area contributed by atoms with E-state index < -0.39 is 23.5 Å². The Bertz CT molecular complexity index is 1440. The highest BCUT2D eigenvalue weighted by molar-refractivity contribution is 6.31. The molecule has 4 rings (SSSR count). The molecule has 38 heavy (non-hydrogen) atoms. The molecule has 2 heterocycles. The monoisotopic (exact) mass is 535 g/mol. The number of nitrogens with zero attached hydrogens (tertiary/aromatic N) is 2. The van der Waals surface area contributed by atoms with Crippen LogP contribution in [0.1, 0.15) is 47.6 Å². The predicted molar refractivity (Wildman–Crippen MR) is 142 cm³/mol. The minimum absolute atomic E-state index is 0.0875. The minimum atomic E-state index is -1.08. The fourth-order valence-electron chi connectivity index (χ4n) is 4.49. The zero-order valence-corrected chi connectivity index (χ0v) is 21.4. The van der Waals surface area contributed by atoms with E-state index in [2.05, 4.69) is 11.4 Å². The van der Waals surface area contributed by atoms with Crippen LogP contribution in [0.25, 0.3) is 11.1 Å². The topological polar surface area (TPSA) is 131 Å². The van der Waals surface area contributed by atoms with E-state index in [0.29, 0.717) is 34.0 Å². The van der Waals surface area contributed by atoms with Crippen LogP contribution in [0.3, 0.4) is 0 Å². The number of nitriles is 1. The number of aromatic nitrogens is 1. The molecule has 2 atom stereocenters. The van der Waals surface area contributed by atoms with Crippen molar-refractivity contribution in [2.24, 2.45) is 0 Å². The van der Waals surface area contributed by atoms with Crippen LogP contribution in [0.4, 0.5) is 5.69 Å². The van der Waals surface area contributed by atoms with Gasteiger partial charge in [0.1, 0.15) is 11.8 Å². The predicted octanol–water partition coefficient (Wildman–Crippen LogP) is 4.89. The lowest BCUT2D eigenvalue weighted by atomic mass is 9.99. The molecule has 1 aliphatic rings. The number of carbonyl (C=O) groups excluding carboxylic acids is 1. The van der Waals surface area contributed by atoms with Gasteiger partial charge in [-0.1, -0.05) is 11.6 Å². The summed E-state index contributed by atoms with van der Waals surface area (Å²) in [5.41, 5.74) is 1.15. The number of halogens is 1. The van der Waals surface area contributed by atoms with Crippen LogP contribution in [0.5, 0.6) is 5.75 Å². The molecule has 1 amide bonds. The van der Waals surface area contributed by atoms with Gasteiger partial charge in [-0.2, -0.15) is 5.26 Å². The number of carbonyl (C=O) groups is 2. The Morgan fingerprint density at radius 1 is 1.21 bits per heavy atom. The third-order valence-corrected chi connectivity index (χ3v) is 6.69. The van der Waals surface area contributed by atoms with Crippen molar-refractivity contribution in [3.05, 3.63) is 81.2 Å². The van der Waals surface area contributed by atoms with Gasteiger partial charge in [0.2, 0.25) is 5.91 Å². The van der Waals surface area contributed by atoms with Crippen LogP contribution in [-0.4, -0.2) is 41.4 Å². The lowest BCUT2D eigenvalue weighted by Crippen LogP contribution is -2.36. The number of hydrogen-bond acceptors (Lipinski definition) is 6. The van der Waals surface area contributed by atoms with Crippen molar-refractivity contribution in [3.63, 3.8) is 0 Å². The van der Waals surface area contributed by atoms with Gasteiger partial charge in [0, 0.05) is 40.9 Å². The van der Waals surface area contributed by atoms with Gasteiger partial charge < -0.3 is 19.9 Å². The Morgan fingerprint density at radius 3 is 2.61 bits per heavy atom. The number of rotatable bonds is 8. The maximum atomic E-state index is 13.5. The number of anilines is 1. The summed E-state index contributed by atoms with van der Waals surface area (Å²) in [5, 5.41) is 21.9. The van der Waals surface area contributed by atoms with E-state index in [1.807, 2.05) is 0 Å². The third kappa shape index (κ3) is 6.05. The summed E-state index contributed by atoms with van der Waals surface area (Å²) in [6.07, 6.45) is 4.15. The number of hydrogen-bond donors (Lipinski definition) is 2. The van der Waals surface area contributed by atoms with Gasteiger partial charge in [0.05, 0.1) is 36.6 Å². The fourth-order valence-corrected chi connectivity index (χ4v) is 4.67. The molecule has 0 unspecified atom stereocenters. The number of ether oxygens (including phenoxy) is 2. The first-order valence-corrected chi connectivity index (χ1v) is 12.4. The zero-order chi connectivity index (χ0) is 27.2. The van der Waals surface area contributed by atoms with E-state index in [4.69, 9.17) is 26.2 Å². The molecule has 0 radical (unpaired) electrons. The Hall–Kier alpha value is -4.13. The summed E-state index contributed by atoms with van der Waals surface area (Å²) in [4.78, 5) is 38.1. The largest absolute Gasteiger partial charge is 0.495 e. The van der Waals surface area contributed by atoms with E-state index in [0.717, 1.165) is 19.3 Å². The summed E-state index contributed by atoms with van der Waals surface area (Å²) in [5.74, 6) is -1.25. The lowest BCUT2D eigenvalue weighted by molar-refractivity contribution is -0.121. The molecule has 0 spiro atoms. The van der Waals surface area contributed by atoms with Crippen molar-refractivity contribution in [3.8, 4) is 22.9 Å². The number of benzene rings is 2. The van der Waals surface area contributed by atoms with Crippen molar-refractivity contribution in [2.45, 2.75) is 37.8 Å². The quantitative estimate of drug-likeness (QED) is 0.420. The normalized spacial score (nSPS) is 15.8. The highest BCUT2D eigenvalue weighted by Crippen LogP contribution is 2.34. The van der Waals surface area contributed by atoms with Crippen molar-refractivity contribution < 1.29 is 24.2 Å². The number of aromatic carboxylic acids is 1. The van der Waals surface area contributed by atoms with Crippen LogP contribution in [0, 0.1) is 11.3 Å². The summed E-state index contributed by atoms with van der Waals surface area (Å²) >= 11 is 6.16. The molecule has 1 aromatic heterocycles. The van der Waals surface area contributed by atoms with Crippen molar-refractivity contribution >= 4 is 29.2 Å². The van der Waals surface area contributed by atoms with Gasteiger partial charge in [-0.25, -0.2) is 4.79 Å². The maximum Gasteiger partial charge on any atom is 0.335 e. The molecule has 0 bridgehead atoms. The van der Waals surface area contributed by atoms with Crippen LogP contribution >= 0.6 is 11.6 Å². The number of carboxylic acids is 1. The second kappa shape index (κ2) is 11.9. The van der Waals surface area contributed by atoms with Crippen molar-refractivity contribution in [1.29, 1.82) is 5.26 Å². The molecule has 0 aliphatic carbocycles. The van der Waals surface area contributed by atoms with E-state index in [1.54, 1.807) is 18.2 Å². The van der Waals surface area contributed by atoms with Gasteiger partial charge in [-0.15, -0.1) is 0 Å². The molecule has 2 aromatic carbocycles. The number of pyridine rings is 1. The number of nitrogens with one attached hydrogen (secondary N) is 1. The SMILES string of the molecule is COc1cn([C@@H](C[C@@H]2CCCCO2)C(=O)Nc2ccc(C(=O)O)cc2)c(=O)cc1-c1cc(Cl)ccc1C#N. The van der Waals surface area contributed by atoms with Crippen LogP contribution in [0.2, 0.25) is 5.02 Å². The molecular weight excluding hydrogens is 510 g/mol. The molecular formula is C28H26ClN3O6. The van der Waals surface area contributed by atoms with Crippen molar-refractivity contribution in [1.82, 2.24) is 4.57 Å². The van der Waals surface area contributed by atoms with E-state index >= 15 is 0 Å². The molecule has 196 valence electrons. The van der Waals surface area contributed by atoms with Crippen molar-refractivity contribution in [2.75, 3.05) is 19.0 Å². The summed E-state index contributed by atoms with van der Waals surface area (Å²) < 4.78 is 12.7.